The number of hydrogen-bond acceptors (Lipinski definition) is 3. The quantitative estimate of drug-likeness (QED) is 0.590. The molecule has 0 heterocycles. The molecule has 2 amide bonds. The minimum absolute atomic E-state index is 0.203. The van der Waals surface area contributed by atoms with Gasteiger partial charge in [-0.2, -0.15) is 0 Å². The summed E-state index contributed by atoms with van der Waals surface area (Å²) < 4.78 is 5.73. The molecule has 0 saturated carbocycles. The molecule has 0 bridgehead atoms. The summed E-state index contributed by atoms with van der Waals surface area (Å²) in [5.74, 6) is 0.0827. The standard InChI is InChI=1S/C25H26N2O3/c1-16-5-10-21(11-6-16)26-25(29)20-8-12-22(13-9-20)30-19(4)24(28)27-23-14-7-17(2)15-18(23)3/h5-15,19H,1-4H3,(H,26,29)(H,27,28). The summed E-state index contributed by atoms with van der Waals surface area (Å²) in [6, 6.07) is 20.2. The highest BCUT2D eigenvalue weighted by Gasteiger charge is 2.16. The second-order valence-corrected chi connectivity index (χ2v) is 7.41. The van der Waals surface area contributed by atoms with Crippen molar-refractivity contribution >= 4 is 23.2 Å². The van der Waals surface area contributed by atoms with E-state index in [1.165, 1.54) is 0 Å². The third-order valence-electron chi connectivity index (χ3n) is 4.75. The Morgan fingerprint density at radius 3 is 2.07 bits per heavy atom. The van der Waals surface area contributed by atoms with Crippen molar-refractivity contribution in [3.8, 4) is 5.75 Å². The topological polar surface area (TPSA) is 67.4 Å². The van der Waals surface area contributed by atoms with Crippen LogP contribution in [0.2, 0.25) is 0 Å². The Morgan fingerprint density at radius 1 is 0.800 bits per heavy atom. The van der Waals surface area contributed by atoms with Crippen LogP contribution < -0.4 is 15.4 Å². The van der Waals surface area contributed by atoms with Gasteiger partial charge >= 0.3 is 0 Å². The summed E-state index contributed by atoms with van der Waals surface area (Å²) in [7, 11) is 0. The largest absolute Gasteiger partial charge is 0.481 e. The molecule has 154 valence electrons. The van der Waals surface area contributed by atoms with Crippen molar-refractivity contribution in [3.63, 3.8) is 0 Å². The van der Waals surface area contributed by atoms with Crippen molar-refractivity contribution in [2.75, 3.05) is 10.6 Å². The lowest BCUT2D eigenvalue weighted by Gasteiger charge is -2.16. The minimum Gasteiger partial charge on any atom is -0.481 e. The number of nitrogens with one attached hydrogen (secondary N) is 2. The molecule has 0 spiro atoms. The first kappa shape index (κ1) is 21.1. The third-order valence-corrected chi connectivity index (χ3v) is 4.75. The molecule has 5 heteroatoms. The fraction of sp³-hybridized carbons (Fsp3) is 0.200. The van der Waals surface area contributed by atoms with Gasteiger partial charge in [-0.1, -0.05) is 35.4 Å². The number of benzene rings is 3. The Kier molecular flexibility index (Phi) is 6.52. The Labute approximate surface area is 177 Å². The Bertz CT molecular complexity index is 1040. The fourth-order valence-corrected chi connectivity index (χ4v) is 2.97. The number of aryl methyl sites for hydroxylation is 3. The molecule has 3 rings (SSSR count). The van der Waals surface area contributed by atoms with Gasteiger partial charge in [-0.15, -0.1) is 0 Å². The van der Waals surface area contributed by atoms with Gasteiger partial charge in [-0.3, -0.25) is 9.59 Å². The SMILES string of the molecule is Cc1ccc(NC(=O)c2ccc(OC(C)C(=O)Nc3ccc(C)cc3C)cc2)cc1. The molecular weight excluding hydrogens is 376 g/mol. The number of ether oxygens (including phenoxy) is 1. The van der Waals surface area contributed by atoms with E-state index in [1.807, 2.05) is 63.2 Å². The van der Waals surface area contributed by atoms with E-state index < -0.39 is 6.10 Å². The molecule has 3 aromatic carbocycles. The third kappa shape index (κ3) is 5.47. The summed E-state index contributed by atoms with van der Waals surface area (Å²) in [5.41, 5.74) is 5.29. The van der Waals surface area contributed by atoms with Crippen molar-refractivity contribution in [2.24, 2.45) is 0 Å². The lowest BCUT2D eigenvalue weighted by atomic mass is 10.1. The molecule has 0 aliphatic heterocycles. The molecule has 0 fully saturated rings. The van der Waals surface area contributed by atoms with Crippen LogP contribution in [-0.4, -0.2) is 17.9 Å². The second-order valence-electron chi connectivity index (χ2n) is 7.41. The monoisotopic (exact) mass is 402 g/mol. The highest BCUT2D eigenvalue weighted by molar-refractivity contribution is 6.04. The van der Waals surface area contributed by atoms with Gasteiger partial charge in [0.25, 0.3) is 11.8 Å². The Balaban J connectivity index is 1.58. The second kappa shape index (κ2) is 9.27. The van der Waals surface area contributed by atoms with Crippen LogP contribution in [0, 0.1) is 20.8 Å². The number of carbonyl (C=O) groups excluding carboxylic acids is 2. The van der Waals surface area contributed by atoms with E-state index in [-0.39, 0.29) is 11.8 Å². The fourth-order valence-electron chi connectivity index (χ4n) is 2.97. The first-order chi connectivity index (χ1) is 14.3. The van der Waals surface area contributed by atoms with Gasteiger partial charge in [0.15, 0.2) is 6.10 Å². The molecule has 0 aliphatic carbocycles. The van der Waals surface area contributed by atoms with Gasteiger partial charge < -0.3 is 15.4 Å². The zero-order chi connectivity index (χ0) is 21.7. The zero-order valence-electron chi connectivity index (χ0n) is 17.7. The van der Waals surface area contributed by atoms with Crippen LogP contribution in [-0.2, 0) is 4.79 Å². The average molecular weight is 402 g/mol. The summed E-state index contributed by atoms with van der Waals surface area (Å²) in [6.07, 6.45) is -0.682. The average Bonchev–Trinajstić information content (AvgIpc) is 2.72. The van der Waals surface area contributed by atoms with Gasteiger partial charge in [0.1, 0.15) is 5.75 Å². The van der Waals surface area contributed by atoms with Crippen LogP contribution in [0.25, 0.3) is 0 Å². The van der Waals surface area contributed by atoms with Gasteiger partial charge in [0.05, 0.1) is 0 Å². The van der Waals surface area contributed by atoms with Crippen LogP contribution in [0.5, 0.6) is 5.75 Å². The molecule has 1 atom stereocenters. The van der Waals surface area contributed by atoms with Crippen molar-refractivity contribution in [2.45, 2.75) is 33.8 Å². The van der Waals surface area contributed by atoms with E-state index in [2.05, 4.69) is 10.6 Å². The summed E-state index contributed by atoms with van der Waals surface area (Å²) in [4.78, 5) is 24.8. The predicted octanol–water partition coefficient (Wildman–Crippen LogP) is 5.27. The highest BCUT2D eigenvalue weighted by atomic mass is 16.5. The maximum absolute atomic E-state index is 12.5. The smallest absolute Gasteiger partial charge is 0.265 e. The molecule has 3 aromatic rings. The molecule has 1 unspecified atom stereocenters. The first-order valence-electron chi connectivity index (χ1n) is 9.84. The van der Waals surface area contributed by atoms with Gasteiger partial charge in [-0.05, 0) is 75.7 Å². The highest BCUT2D eigenvalue weighted by Crippen LogP contribution is 2.19. The van der Waals surface area contributed by atoms with E-state index in [0.29, 0.717) is 11.3 Å². The first-order valence-corrected chi connectivity index (χ1v) is 9.84. The zero-order valence-corrected chi connectivity index (χ0v) is 17.7. The lowest BCUT2D eigenvalue weighted by Crippen LogP contribution is -2.30. The normalized spacial score (nSPS) is 11.5. The van der Waals surface area contributed by atoms with Crippen LogP contribution >= 0.6 is 0 Å². The van der Waals surface area contributed by atoms with Gasteiger partial charge in [0.2, 0.25) is 0 Å². The van der Waals surface area contributed by atoms with Crippen molar-refractivity contribution in [1.82, 2.24) is 0 Å². The summed E-state index contributed by atoms with van der Waals surface area (Å²) in [6.45, 7) is 7.65. The molecule has 0 radical (unpaired) electrons. The molecule has 5 nitrogen and oxygen atoms in total. The van der Waals surface area contributed by atoms with Crippen molar-refractivity contribution < 1.29 is 14.3 Å². The number of anilines is 2. The minimum atomic E-state index is -0.682. The van der Waals surface area contributed by atoms with Crippen LogP contribution in [0.1, 0.15) is 34.0 Å². The van der Waals surface area contributed by atoms with Gasteiger partial charge in [-0.25, -0.2) is 0 Å². The van der Waals surface area contributed by atoms with Crippen LogP contribution in [0.3, 0.4) is 0 Å². The van der Waals surface area contributed by atoms with E-state index in [1.54, 1.807) is 31.2 Å². The van der Waals surface area contributed by atoms with E-state index >= 15 is 0 Å². The number of amides is 2. The molecule has 0 aliphatic rings. The number of carbonyl (C=O) groups is 2. The molecule has 2 N–H and O–H groups in total. The molecular formula is C25H26N2O3. The van der Waals surface area contributed by atoms with Crippen LogP contribution in [0.4, 0.5) is 11.4 Å². The lowest BCUT2D eigenvalue weighted by molar-refractivity contribution is -0.122. The summed E-state index contributed by atoms with van der Waals surface area (Å²) in [5, 5.41) is 5.75. The van der Waals surface area contributed by atoms with Crippen molar-refractivity contribution in [1.29, 1.82) is 0 Å². The van der Waals surface area contributed by atoms with Gasteiger partial charge in [0, 0.05) is 16.9 Å². The molecule has 30 heavy (non-hydrogen) atoms. The maximum Gasteiger partial charge on any atom is 0.265 e. The van der Waals surface area contributed by atoms with E-state index in [4.69, 9.17) is 4.74 Å². The van der Waals surface area contributed by atoms with Crippen molar-refractivity contribution in [3.05, 3.63) is 89.0 Å². The maximum atomic E-state index is 12.5. The van der Waals surface area contributed by atoms with Crippen LogP contribution in [0.15, 0.2) is 66.7 Å². The van der Waals surface area contributed by atoms with E-state index in [0.717, 1.165) is 28.1 Å². The summed E-state index contributed by atoms with van der Waals surface area (Å²) >= 11 is 0. The predicted molar refractivity (Wildman–Crippen MR) is 120 cm³/mol. The number of rotatable bonds is 6. The van der Waals surface area contributed by atoms with E-state index in [9.17, 15) is 9.59 Å². The Hall–Kier alpha value is -3.60. The molecule has 0 saturated heterocycles. The Morgan fingerprint density at radius 2 is 1.43 bits per heavy atom. The number of hydrogen-bond donors (Lipinski definition) is 2. The molecule has 0 aromatic heterocycles.